The molecule has 0 aromatic carbocycles. The van der Waals surface area contributed by atoms with E-state index in [4.69, 9.17) is 16.3 Å². The number of aliphatic hydroxyl groups excluding tert-OH is 2. The molecule has 0 spiro atoms. The zero-order valence-electron chi connectivity index (χ0n) is 10.9. The minimum Gasteiger partial charge on any atom is -0.388 e. The topological polar surface area (TPSA) is 65.3 Å². The largest absolute Gasteiger partial charge is 0.388 e. The van der Waals surface area contributed by atoms with Crippen LogP contribution in [0.1, 0.15) is 13.8 Å². The highest BCUT2D eigenvalue weighted by molar-refractivity contribution is 8.14. The van der Waals surface area contributed by atoms with E-state index in [1.165, 1.54) is 11.8 Å². The van der Waals surface area contributed by atoms with Gasteiger partial charge in [-0.3, -0.25) is 4.99 Å². The molecule has 7 heteroatoms. The van der Waals surface area contributed by atoms with Crippen LogP contribution in [0.4, 0.5) is 0 Å². The Morgan fingerprint density at radius 3 is 2.44 bits per heavy atom. The first-order chi connectivity index (χ1) is 8.21. The van der Waals surface area contributed by atoms with Crippen molar-refractivity contribution in [1.82, 2.24) is 4.90 Å². The van der Waals surface area contributed by atoms with Crippen LogP contribution in [-0.2, 0) is 4.74 Å². The van der Waals surface area contributed by atoms with Crippen LogP contribution >= 0.6 is 23.4 Å². The van der Waals surface area contributed by atoms with Gasteiger partial charge in [0, 0.05) is 14.1 Å². The van der Waals surface area contributed by atoms with Gasteiger partial charge in [-0.1, -0.05) is 11.8 Å². The molecule has 0 aliphatic carbocycles. The Kier molecular flexibility index (Phi) is 3.86. The van der Waals surface area contributed by atoms with Gasteiger partial charge in [-0.2, -0.15) is 0 Å². The normalized spacial score (nSPS) is 40.4. The first-order valence-electron chi connectivity index (χ1n) is 5.84. The summed E-state index contributed by atoms with van der Waals surface area (Å²) in [4.78, 5) is 5.51. The minimum absolute atomic E-state index is 0.288. The number of fused-ring (bicyclic) bond motifs is 1. The van der Waals surface area contributed by atoms with Crippen molar-refractivity contribution in [2.24, 2.45) is 4.99 Å². The summed E-state index contributed by atoms with van der Waals surface area (Å²) in [5.74, 6) is 0. The van der Waals surface area contributed by atoms with Gasteiger partial charge in [0.2, 0.25) is 0 Å². The molecule has 2 aliphatic heterocycles. The van der Waals surface area contributed by atoms with E-state index in [-0.39, 0.29) is 5.44 Å². The number of rotatable bonds is 1. The average Bonchev–Trinajstić information content (AvgIpc) is 2.65. The monoisotopic (exact) mass is 294 g/mol. The SMILES string of the molecule is CN(C)C1=NC2C(OC(C(C)(C)Cl)C(O)C2O)S1. The Hall–Kier alpha value is -0.0100. The number of thioether (sulfide) groups is 1. The number of hydrogen-bond donors (Lipinski definition) is 2. The fourth-order valence-electron chi connectivity index (χ4n) is 2.13. The molecule has 0 radical (unpaired) electrons. The molecule has 2 N–H and O–H groups in total. The molecule has 5 nitrogen and oxygen atoms in total. The molecule has 1 saturated heterocycles. The number of hydrogen-bond acceptors (Lipinski definition) is 6. The maximum atomic E-state index is 10.2. The van der Waals surface area contributed by atoms with Crippen LogP contribution in [0.25, 0.3) is 0 Å². The van der Waals surface area contributed by atoms with Crippen molar-refractivity contribution < 1.29 is 14.9 Å². The summed E-state index contributed by atoms with van der Waals surface area (Å²) in [5, 5.41) is 21.0. The first kappa shape index (κ1) is 14.4. The van der Waals surface area contributed by atoms with Gasteiger partial charge in [-0.15, -0.1) is 11.6 Å². The fourth-order valence-corrected chi connectivity index (χ4v) is 3.45. The van der Waals surface area contributed by atoms with E-state index in [2.05, 4.69) is 4.99 Å². The van der Waals surface area contributed by atoms with Crippen LogP contribution in [0.5, 0.6) is 0 Å². The van der Waals surface area contributed by atoms with E-state index in [0.717, 1.165) is 5.17 Å². The van der Waals surface area contributed by atoms with Crippen LogP contribution in [0.2, 0.25) is 0 Å². The highest BCUT2D eigenvalue weighted by Gasteiger charge is 2.52. The van der Waals surface area contributed by atoms with Crippen LogP contribution in [0, 0.1) is 0 Å². The first-order valence-corrected chi connectivity index (χ1v) is 7.10. The molecule has 0 aromatic rings. The van der Waals surface area contributed by atoms with E-state index in [1.807, 2.05) is 19.0 Å². The third-order valence-electron chi connectivity index (χ3n) is 3.11. The summed E-state index contributed by atoms with van der Waals surface area (Å²) >= 11 is 7.66. The van der Waals surface area contributed by atoms with Crippen LogP contribution in [0.15, 0.2) is 4.99 Å². The van der Waals surface area contributed by atoms with E-state index < -0.39 is 29.2 Å². The Morgan fingerprint density at radius 2 is 1.94 bits per heavy atom. The molecule has 2 aliphatic rings. The molecule has 5 unspecified atom stereocenters. The molecule has 0 saturated carbocycles. The van der Waals surface area contributed by atoms with E-state index in [0.29, 0.717) is 0 Å². The Labute approximate surface area is 116 Å². The summed E-state index contributed by atoms with van der Waals surface area (Å²) in [5.41, 5.74) is -0.288. The number of nitrogens with zero attached hydrogens (tertiary/aromatic N) is 2. The van der Waals surface area contributed by atoms with Gasteiger partial charge in [0.1, 0.15) is 29.8 Å². The predicted octanol–water partition coefficient (Wildman–Crippen LogP) is 0.483. The van der Waals surface area contributed by atoms with Crippen molar-refractivity contribution in [3.05, 3.63) is 0 Å². The Bertz CT molecular complexity index is 359. The van der Waals surface area contributed by atoms with E-state index in [1.54, 1.807) is 13.8 Å². The van der Waals surface area contributed by atoms with Crippen LogP contribution in [0.3, 0.4) is 0 Å². The van der Waals surface area contributed by atoms with Crippen molar-refractivity contribution in [3.63, 3.8) is 0 Å². The van der Waals surface area contributed by atoms with E-state index in [9.17, 15) is 10.2 Å². The Morgan fingerprint density at radius 1 is 1.33 bits per heavy atom. The lowest BCUT2D eigenvalue weighted by atomic mass is 9.91. The zero-order valence-corrected chi connectivity index (χ0v) is 12.4. The molecule has 5 atom stereocenters. The van der Waals surface area contributed by atoms with Crippen LogP contribution < -0.4 is 0 Å². The van der Waals surface area contributed by atoms with Gasteiger partial charge in [0.05, 0.1) is 4.87 Å². The lowest BCUT2D eigenvalue weighted by Crippen LogP contribution is -2.59. The lowest BCUT2D eigenvalue weighted by molar-refractivity contribution is -0.161. The van der Waals surface area contributed by atoms with Gasteiger partial charge in [0.25, 0.3) is 0 Å². The number of aliphatic imine (C=N–C) groups is 1. The number of aliphatic hydroxyl groups is 2. The number of alkyl halides is 1. The van der Waals surface area contributed by atoms with Crippen molar-refractivity contribution in [2.45, 2.75) is 48.5 Å². The summed E-state index contributed by atoms with van der Waals surface area (Å²) in [6.45, 7) is 3.53. The molecular weight excluding hydrogens is 276 g/mol. The van der Waals surface area contributed by atoms with Crippen molar-refractivity contribution >= 4 is 28.5 Å². The van der Waals surface area contributed by atoms with E-state index >= 15 is 0 Å². The zero-order chi connectivity index (χ0) is 13.7. The van der Waals surface area contributed by atoms with Gasteiger partial charge in [-0.05, 0) is 13.8 Å². The molecule has 1 fully saturated rings. The second-order valence-electron chi connectivity index (χ2n) is 5.39. The summed E-state index contributed by atoms with van der Waals surface area (Å²) in [7, 11) is 3.77. The Balaban J connectivity index is 2.19. The maximum absolute atomic E-state index is 10.2. The highest BCUT2D eigenvalue weighted by Crippen LogP contribution is 2.40. The maximum Gasteiger partial charge on any atom is 0.161 e. The van der Waals surface area contributed by atoms with Gasteiger partial charge >= 0.3 is 0 Å². The second-order valence-corrected chi connectivity index (χ2v) is 7.42. The third-order valence-corrected chi connectivity index (χ3v) is 4.63. The predicted molar refractivity (Wildman–Crippen MR) is 73.1 cm³/mol. The molecule has 0 amide bonds. The molecule has 0 aromatic heterocycles. The molecule has 2 heterocycles. The smallest absolute Gasteiger partial charge is 0.161 e. The quantitative estimate of drug-likeness (QED) is 0.689. The van der Waals surface area contributed by atoms with Gasteiger partial charge < -0.3 is 19.8 Å². The third kappa shape index (κ3) is 2.49. The average molecular weight is 295 g/mol. The number of halogens is 1. The fraction of sp³-hybridized carbons (Fsp3) is 0.909. The molecular formula is C11H19ClN2O3S. The van der Waals surface area contributed by atoms with Gasteiger partial charge in [0.15, 0.2) is 5.17 Å². The standard InChI is InChI=1S/C11H19ClN2O3S/c1-11(2,12)8-7(16)6(15)5-9(17-8)18-10(13-5)14(3)4/h5-9,15-16H,1-4H3. The highest BCUT2D eigenvalue weighted by atomic mass is 35.5. The lowest BCUT2D eigenvalue weighted by Gasteiger charge is -2.42. The number of amidine groups is 1. The molecule has 0 bridgehead atoms. The summed E-state index contributed by atoms with van der Waals surface area (Å²) in [6, 6.07) is -0.433. The van der Waals surface area contributed by atoms with Crippen molar-refractivity contribution in [2.75, 3.05) is 14.1 Å². The molecule has 104 valence electrons. The van der Waals surface area contributed by atoms with Crippen molar-refractivity contribution in [3.8, 4) is 0 Å². The summed E-state index contributed by atoms with van der Waals surface area (Å²) in [6.07, 6.45) is -2.58. The summed E-state index contributed by atoms with van der Waals surface area (Å²) < 4.78 is 5.82. The van der Waals surface area contributed by atoms with Crippen molar-refractivity contribution in [1.29, 1.82) is 0 Å². The van der Waals surface area contributed by atoms with Gasteiger partial charge in [-0.25, -0.2) is 0 Å². The molecule has 18 heavy (non-hydrogen) atoms. The number of ether oxygens (including phenoxy) is 1. The minimum atomic E-state index is -1.02. The van der Waals surface area contributed by atoms with Crippen LogP contribution in [-0.4, -0.2) is 69.0 Å². The molecule has 2 rings (SSSR count). The second kappa shape index (κ2) is 4.83.